The van der Waals surface area contributed by atoms with E-state index in [4.69, 9.17) is 14.2 Å². The maximum absolute atomic E-state index is 14.2. The van der Waals surface area contributed by atoms with Crippen LogP contribution in [-0.4, -0.2) is 48.4 Å². The number of ketones is 2. The molecule has 0 radical (unpaired) electrons. The van der Waals surface area contributed by atoms with Crippen LogP contribution in [0.4, 0.5) is 0 Å². The number of fused-ring (bicyclic) bond motifs is 2. The number of Topliss-reactive ketones (excluding diaryl/α,β-unsaturated/α-hetero) is 1. The molecule has 0 spiro atoms. The van der Waals surface area contributed by atoms with Crippen molar-refractivity contribution >= 4 is 23.5 Å². The molecule has 176 valence electrons. The Labute approximate surface area is 189 Å². The van der Waals surface area contributed by atoms with E-state index in [2.05, 4.69) is 0 Å². The summed E-state index contributed by atoms with van der Waals surface area (Å²) in [4.78, 5) is 51.8. The topological polar surface area (TPSA) is 99.3 Å². The van der Waals surface area contributed by atoms with Gasteiger partial charge < -0.3 is 14.2 Å². The maximum Gasteiger partial charge on any atom is 0.311 e. The first-order valence-electron chi connectivity index (χ1n) is 11.4. The van der Waals surface area contributed by atoms with Gasteiger partial charge in [-0.2, -0.15) is 0 Å². The largest absolute Gasteiger partial charge is 0.469 e. The van der Waals surface area contributed by atoms with E-state index in [1.807, 2.05) is 26.8 Å². The van der Waals surface area contributed by atoms with Crippen molar-refractivity contribution in [3.05, 3.63) is 23.8 Å². The third kappa shape index (κ3) is 3.96. The Balaban J connectivity index is 2.13. The first-order chi connectivity index (χ1) is 15.0. The van der Waals surface area contributed by atoms with Gasteiger partial charge in [-0.25, -0.2) is 0 Å². The zero-order chi connectivity index (χ0) is 23.8. The standard InChI is InChI=1S/C25H34O7/c1-7-8-20(27)31-18-10-9-14(2)13-19-25(32-19,16(4)23(29)30-6)22(28)21-15(3)17(26)11-12-24(18,21)5/h11-13,15-16,18-19,21H,7-10H2,1-6H3/b14-13-/t15-,16+,18-,19-,21-,24-,25+/m1/s1. The fourth-order valence-corrected chi connectivity index (χ4v) is 5.35. The summed E-state index contributed by atoms with van der Waals surface area (Å²) in [6, 6.07) is 0. The number of carbonyl (C=O) groups is 4. The lowest BCUT2D eigenvalue weighted by Gasteiger charge is -2.46. The van der Waals surface area contributed by atoms with Crippen LogP contribution in [-0.2, 0) is 33.4 Å². The van der Waals surface area contributed by atoms with Gasteiger partial charge in [-0.3, -0.25) is 19.2 Å². The van der Waals surface area contributed by atoms with Gasteiger partial charge in [0.2, 0.25) is 0 Å². The van der Waals surface area contributed by atoms with Gasteiger partial charge in [0.05, 0.1) is 13.0 Å². The fourth-order valence-electron chi connectivity index (χ4n) is 5.35. The van der Waals surface area contributed by atoms with E-state index in [0.717, 1.165) is 5.57 Å². The lowest BCUT2D eigenvalue weighted by atomic mass is 9.58. The quantitative estimate of drug-likeness (QED) is 0.363. The predicted octanol–water partition coefficient (Wildman–Crippen LogP) is 3.35. The molecule has 0 aromatic carbocycles. The molecule has 0 bridgehead atoms. The molecule has 0 unspecified atom stereocenters. The minimum absolute atomic E-state index is 0.165. The van der Waals surface area contributed by atoms with Crippen LogP contribution in [0.3, 0.4) is 0 Å². The summed E-state index contributed by atoms with van der Waals surface area (Å²) >= 11 is 0. The van der Waals surface area contributed by atoms with E-state index in [1.54, 1.807) is 19.9 Å². The average Bonchev–Trinajstić information content (AvgIpc) is 3.47. The molecule has 0 aromatic rings. The van der Waals surface area contributed by atoms with Gasteiger partial charge >= 0.3 is 11.9 Å². The Morgan fingerprint density at radius 3 is 2.62 bits per heavy atom. The van der Waals surface area contributed by atoms with Crippen molar-refractivity contribution in [1.82, 2.24) is 0 Å². The van der Waals surface area contributed by atoms with Gasteiger partial charge in [0.15, 0.2) is 17.2 Å². The number of methoxy groups -OCH3 is 1. The second-order valence-electron chi connectivity index (χ2n) is 9.59. The predicted molar refractivity (Wildman–Crippen MR) is 116 cm³/mol. The van der Waals surface area contributed by atoms with Crippen molar-refractivity contribution < 1.29 is 33.4 Å². The molecular formula is C25H34O7. The van der Waals surface area contributed by atoms with Gasteiger partial charge in [0.1, 0.15) is 12.2 Å². The van der Waals surface area contributed by atoms with Crippen molar-refractivity contribution in [2.75, 3.05) is 7.11 Å². The summed E-state index contributed by atoms with van der Waals surface area (Å²) < 4.78 is 16.8. The van der Waals surface area contributed by atoms with Gasteiger partial charge in [-0.1, -0.05) is 38.5 Å². The first-order valence-corrected chi connectivity index (χ1v) is 11.4. The third-order valence-corrected chi connectivity index (χ3v) is 7.44. The highest BCUT2D eigenvalue weighted by Crippen LogP contribution is 2.54. The van der Waals surface area contributed by atoms with Crippen molar-refractivity contribution in [3.8, 4) is 0 Å². The lowest BCUT2D eigenvalue weighted by molar-refractivity contribution is -0.163. The Kier molecular flexibility index (Phi) is 6.80. The molecule has 3 rings (SSSR count). The Morgan fingerprint density at radius 1 is 1.31 bits per heavy atom. The molecule has 7 heteroatoms. The van der Waals surface area contributed by atoms with E-state index >= 15 is 0 Å². The SMILES string of the molecule is CCCC(=O)O[C@@H]1CC/C(C)=C\[C@H]2O[C@]2([C@@H](C)C(=O)OC)C(=O)[C@H]2[C@H](C)C(=O)C=C[C@]12C. The van der Waals surface area contributed by atoms with Crippen LogP contribution in [0.2, 0.25) is 0 Å². The average molecular weight is 447 g/mol. The lowest BCUT2D eigenvalue weighted by Crippen LogP contribution is -2.55. The van der Waals surface area contributed by atoms with Crippen LogP contribution < -0.4 is 0 Å². The minimum Gasteiger partial charge on any atom is -0.469 e. The van der Waals surface area contributed by atoms with Crippen LogP contribution in [0.1, 0.15) is 60.3 Å². The van der Waals surface area contributed by atoms with Gasteiger partial charge in [0.25, 0.3) is 0 Å². The summed E-state index contributed by atoms with van der Waals surface area (Å²) in [7, 11) is 1.28. The zero-order valence-corrected chi connectivity index (χ0v) is 19.8. The van der Waals surface area contributed by atoms with Crippen LogP contribution in [0.15, 0.2) is 23.8 Å². The van der Waals surface area contributed by atoms with Gasteiger partial charge in [0, 0.05) is 23.7 Å². The number of allylic oxidation sites excluding steroid dienone is 2. The molecular weight excluding hydrogens is 412 g/mol. The number of rotatable bonds is 5. The van der Waals surface area contributed by atoms with E-state index in [9.17, 15) is 19.2 Å². The van der Waals surface area contributed by atoms with Gasteiger partial charge in [-0.05, 0) is 39.2 Å². The molecule has 7 atom stereocenters. The Hall–Kier alpha value is -2.28. The van der Waals surface area contributed by atoms with Crippen molar-refractivity contribution in [2.45, 2.75) is 78.1 Å². The van der Waals surface area contributed by atoms with Crippen molar-refractivity contribution in [2.24, 2.45) is 23.2 Å². The molecule has 1 fully saturated rings. The highest BCUT2D eigenvalue weighted by Gasteiger charge is 2.70. The molecule has 1 saturated heterocycles. The third-order valence-electron chi connectivity index (χ3n) is 7.44. The Bertz CT molecular complexity index is 872. The summed E-state index contributed by atoms with van der Waals surface area (Å²) in [5.74, 6) is -3.62. The molecule has 7 nitrogen and oxygen atoms in total. The highest BCUT2D eigenvalue weighted by molar-refractivity contribution is 6.04. The maximum atomic E-state index is 14.2. The molecule has 2 aliphatic carbocycles. The number of carbonyl (C=O) groups excluding carboxylic acids is 4. The van der Waals surface area contributed by atoms with Crippen LogP contribution in [0, 0.1) is 23.2 Å². The van der Waals surface area contributed by atoms with E-state index in [0.29, 0.717) is 19.3 Å². The molecule has 0 amide bonds. The second-order valence-corrected chi connectivity index (χ2v) is 9.59. The fraction of sp³-hybridized carbons (Fsp3) is 0.680. The smallest absolute Gasteiger partial charge is 0.311 e. The van der Waals surface area contributed by atoms with Crippen LogP contribution in [0.25, 0.3) is 0 Å². The van der Waals surface area contributed by atoms with E-state index in [1.165, 1.54) is 13.2 Å². The molecule has 3 aliphatic rings. The van der Waals surface area contributed by atoms with Crippen LogP contribution >= 0.6 is 0 Å². The summed E-state index contributed by atoms with van der Waals surface area (Å²) in [6.45, 7) is 9.06. The molecule has 0 N–H and O–H groups in total. The van der Waals surface area contributed by atoms with E-state index in [-0.39, 0.29) is 24.0 Å². The normalized spacial score (nSPS) is 39.1. The molecule has 0 aromatic heterocycles. The van der Waals surface area contributed by atoms with Crippen LogP contribution in [0.5, 0.6) is 0 Å². The van der Waals surface area contributed by atoms with Crippen molar-refractivity contribution in [3.63, 3.8) is 0 Å². The number of hydrogen-bond acceptors (Lipinski definition) is 7. The molecule has 32 heavy (non-hydrogen) atoms. The monoisotopic (exact) mass is 446 g/mol. The first kappa shape index (κ1) is 24.4. The van der Waals surface area contributed by atoms with Crippen molar-refractivity contribution in [1.29, 1.82) is 0 Å². The summed E-state index contributed by atoms with van der Waals surface area (Å²) in [6.07, 6.45) is 6.04. The summed E-state index contributed by atoms with van der Waals surface area (Å²) in [5, 5.41) is 0. The zero-order valence-electron chi connectivity index (χ0n) is 19.8. The number of epoxide rings is 1. The summed E-state index contributed by atoms with van der Waals surface area (Å²) in [5.41, 5.74) is -1.32. The minimum atomic E-state index is -1.39. The van der Waals surface area contributed by atoms with E-state index < -0.39 is 46.9 Å². The highest BCUT2D eigenvalue weighted by atomic mass is 16.6. The number of ether oxygens (including phenoxy) is 3. The number of hydrogen-bond donors (Lipinski definition) is 0. The molecule has 1 aliphatic heterocycles. The number of esters is 2. The molecule has 0 saturated carbocycles. The molecule has 1 heterocycles. The van der Waals surface area contributed by atoms with Gasteiger partial charge in [-0.15, -0.1) is 0 Å². The second kappa shape index (κ2) is 8.93. The Morgan fingerprint density at radius 2 is 2.00 bits per heavy atom.